The third-order valence-corrected chi connectivity index (χ3v) is 2.36. The van der Waals surface area contributed by atoms with Crippen LogP contribution in [0.5, 0.6) is 0 Å². The topological polar surface area (TPSA) is 3.24 Å². The van der Waals surface area contributed by atoms with E-state index >= 15 is 0 Å². The number of hydrogen-bond donors (Lipinski definition) is 0. The maximum Gasteiger partial charge on any atom is 0.492 e. The van der Waals surface area contributed by atoms with Gasteiger partial charge >= 0.3 is 6.98 Å². The van der Waals surface area contributed by atoms with Crippen LogP contribution in [0.2, 0.25) is 0 Å². The average molecular weight is 194 g/mol. The van der Waals surface area contributed by atoms with Gasteiger partial charge in [-0.2, -0.15) is 0 Å². The molecule has 1 nitrogen and oxygen atoms in total. The molecule has 0 aromatic heterocycles. The maximum atomic E-state index is 12.2. The van der Waals surface area contributed by atoms with E-state index < -0.39 is 13.4 Å². The lowest BCUT2D eigenvalue weighted by Crippen LogP contribution is -2.43. The van der Waals surface area contributed by atoms with E-state index in [1.165, 1.54) is 4.90 Å². The lowest BCUT2D eigenvalue weighted by Gasteiger charge is -2.31. The van der Waals surface area contributed by atoms with Gasteiger partial charge < -0.3 is 17.8 Å². The number of halogens is 3. The van der Waals surface area contributed by atoms with Gasteiger partial charge in [-0.15, -0.1) is 0 Å². The molecule has 0 aliphatic heterocycles. The lowest BCUT2D eigenvalue weighted by atomic mass is 9.90. The first-order valence-electron chi connectivity index (χ1n) is 4.83. The zero-order chi connectivity index (χ0) is 10.1. The fraction of sp³-hybridized carbons (Fsp3) is 1.00. The summed E-state index contributed by atoms with van der Waals surface area (Å²) in [4.78, 5) is 1.54. The highest BCUT2D eigenvalue weighted by molar-refractivity contribution is 6.58. The molecule has 1 aliphatic rings. The molecule has 5 heteroatoms. The number of rotatable bonds is 5. The van der Waals surface area contributed by atoms with Crippen molar-refractivity contribution in [3.8, 4) is 0 Å². The zero-order valence-electron chi connectivity index (χ0n) is 8.14. The fourth-order valence-corrected chi connectivity index (χ4v) is 1.39. The molecule has 0 amide bonds. The summed E-state index contributed by atoms with van der Waals surface area (Å²) in [5.41, 5.74) is 0. The van der Waals surface area contributed by atoms with Crippen LogP contribution < -0.4 is 0 Å². The Kier molecular flexibility index (Phi) is 3.27. The molecule has 1 aliphatic carbocycles. The summed E-state index contributed by atoms with van der Waals surface area (Å²) in [5.74, 6) is 0.528. The Balaban J connectivity index is 2.36. The molecule has 0 heterocycles. The minimum absolute atomic E-state index is 0.00380. The van der Waals surface area contributed by atoms with Crippen molar-refractivity contribution in [2.24, 2.45) is 5.92 Å². The molecule has 0 unspecified atom stereocenters. The molecule has 0 saturated heterocycles. The predicted octanol–water partition coefficient (Wildman–Crippen LogP) is 2.49. The monoisotopic (exact) mass is 194 g/mol. The van der Waals surface area contributed by atoms with Crippen molar-refractivity contribution < 1.29 is 12.9 Å². The van der Waals surface area contributed by atoms with Crippen LogP contribution in [-0.2, 0) is 0 Å². The molecule has 0 N–H and O–H groups in total. The van der Waals surface area contributed by atoms with Crippen molar-refractivity contribution in [1.29, 1.82) is 0 Å². The molecule has 1 rings (SSSR count). The summed E-state index contributed by atoms with van der Waals surface area (Å²) in [5, 5.41) is 0. The third kappa shape index (κ3) is 4.55. The summed E-state index contributed by atoms with van der Waals surface area (Å²) in [6.45, 7) is -0.388. The second-order valence-electron chi connectivity index (χ2n) is 4.20. The van der Waals surface area contributed by atoms with Gasteiger partial charge in [0.05, 0.1) is 0 Å². The van der Waals surface area contributed by atoms with Crippen LogP contribution >= 0.6 is 0 Å². The Hall–Kier alpha value is -0.185. The lowest BCUT2D eigenvalue weighted by molar-refractivity contribution is 0.221. The summed E-state index contributed by atoms with van der Waals surface area (Å²) in [6.07, 6.45) is 1.51. The molecule has 13 heavy (non-hydrogen) atoms. The van der Waals surface area contributed by atoms with Gasteiger partial charge in [-0.05, 0) is 45.6 Å². The van der Waals surface area contributed by atoms with E-state index in [2.05, 4.69) is 0 Å². The Bertz CT molecular complexity index is 165. The second-order valence-corrected chi connectivity index (χ2v) is 4.20. The van der Waals surface area contributed by atoms with Crippen molar-refractivity contribution in [1.82, 2.24) is 4.90 Å². The molecule has 0 spiro atoms. The average Bonchev–Trinajstić information content (AvgIpc) is 2.66. The fourth-order valence-electron chi connectivity index (χ4n) is 1.39. The van der Waals surface area contributed by atoms with Crippen LogP contribution in [0, 0.1) is 5.92 Å². The van der Waals surface area contributed by atoms with Gasteiger partial charge in [0, 0.05) is 6.04 Å². The molecule has 1 saturated carbocycles. The third-order valence-electron chi connectivity index (χ3n) is 2.36. The van der Waals surface area contributed by atoms with E-state index in [1.54, 1.807) is 0 Å². The van der Waals surface area contributed by atoms with E-state index in [0.29, 0.717) is 12.5 Å². The SMILES string of the molecule is CC(C)N(CC1CC1)C[B-](F)(F)F. The molecular formula is C8H16BF3N-. The number of nitrogens with zero attached hydrogens (tertiary/aromatic N) is 1. The number of hydrogen-bond acceptors (Lipinski definition) is 1. The Labute approximate surface area is 77.4 Å². The van der Waals surface area contributed by atoms with Crippen LogP contribution in [-0.4, -0.2) is 30.9 Å². The smallest absolute Gasteiger partial charge is 0.448 e. The van der Waals surface area contributed by atoms with E-state index in [4.69, 9.17) is 0 Å². The summed E-state index contributed by atoms with van der Waals surface area (Å²) in [6, 6.07) is 0.00380. The largest absolute Gasteiger partial charge is 0.492 e. The van der Waals surface area contributed by atoms with E-state index in [-0.39, 0.29) is 6.04 Å². The van der Waals surface area contributed by atoms with E-state index in [1.807, 2.05) is 13.8 Å². The van der Waals surface area contributed by atoms with E-state index in [0.717, 1.165) is 12.8 Å². The van der Waals surface area contributed by atoms with Gasteiger partial charge in [0.2, 0.25) is 0 Å². The molecule has 0 aromatic rings. The minimum atomic E-state index is -4.66. The zero-order valence-corrected chi connectivity index (χ0v) is 8.14. The molecule has 0 aromatic carbocycles. The van der Waals surface area contributed by atoms with Gasteiger partial charge in [-0.3, -0.25) is 0 Å². The second kappa shape index (κ2) is 3.90. The Morgan fingerprint density at radius 1 is 1.31 bits per heavy atom. The van der Waals surface area contributed by atoms with Crippen molar-refractivity contribution in [2.45, 2.75) is 32.7 Å². The molecule has 0 radical (unpaired) electrons. The highest BCUT2D eigenvalue weighted by Crippen LogP contribution is 2.30. The van der Waals surface area contributed by atoms with Gasteiger partial charge in [0.25, 0.3) is 0 Å². The normalized spacial score (nSPS) is 18.7. The maximum absolute atomic E-state index is 12.2. The van der Waals surface area contributed by atoms with Gasteiger partial charge in [-0.25, -0.2) is 0 Å². The summed E-state index contributed by atoms with van der Waals surface area (Å²) in [7, 11) is 0. The van der Waals surface area contributed by atoms with Crippen molar-refractivity contribution in [3.63, 3.8) is 0 Å². The van der Waals surface area contributed by atoms with E-state index in [9.17, 15) is 12.9 Å². The van der Waals surface area contributed by atoms with Crippen LogP contribution in [0.1, 0.15) is 26.7 Å². The summed E-state index contributed by atoms with van der Waals surface area (Å²) < 4.78 is 36.5. The highest BCUT2D eigenvalue weighted by atomic mass is 19.4. The summed E-state index contributed by atoms with van der Waals surface area (Å²) >= 11 is 0. The van der Waals surface area contributed by atoms with Crippen molar-refractivity contribution in [3.05, 3.63) is 0 Å². The Morgan fingerprint density at radius 3 is 2.15 bits per heavy atom. The quantitative estimate of drug-likeness (QED) is 0.607. The van der Waals surface area contributed by atoms with Crippen LogP contribution in [0.3, 0.4) is 0 Å². The van der Waals surface area contributed by atoms with Crippen molar-refractivity contribution >= 4 is 6.98 Å². The highest BCUT2D eigenvalue weighted by Gasteiger charge is 2.31. The molecule has 0 atom stereocenters. The first-order chi connectivity index (χ1) is 5.88. The molecule has 0 bridgehead atoms. The standard InChI is InChI=1S/C8H16BF3N/c1-7(2)13(5-8-3-4-8)6-9(10,11)12/h7-8H,3-6H2,1-2H3/q-1. The van der Waals surface area contributed by atoms with Gasteiger partial charge in [0.15, 0.2) is 0 Å². The van der Waals surface area contributed by atoms with Crippen molar-refractivity contribution in [2.75, 3.05) is 13.0 Å². The first-order valence-corrected chi connectivity index (χ1v) is 4.83. The molecular weight excluding hydrogens is 178 g/mol. The van der Waals surface area contributed by atoms with Crippen LogP contribution in [0.25, 0.3) is 0 Å². The predicted molar refractivity (Wildman–Crippen MR) is 48.5 cm³/mol. The van der Waals surface area contributed by atoms with Crippen LogP contribution in [0.15, 0.2) is 0 Å². The van der Waals surface area contributed by atoms with Gasteiger partial charge in [-0.1, -0.05) is 0 Å². The molecule has 1 fully saturated rings. The molecule has 78 valence electrons. The van der Waals surface area contributed by atoms with Gasteiger partial charge in [0.1, 0.15) is 0 Å². The Morgan fingerprint density at radius 2 is 1.85 bits per heavy atom. The first kappa shape index (κ1) is 10.9. The van der Waals surface area contributed by atoms with Crippen LogP contribution in [0.4, 0.5) is 12.9 Å². The minimum Gasteiger partial charge on any atom is -0.448 e.